The van der Waals surface area contributed by atoms with Gasteiger partial charge in [0.25, 0.3) is 5.91 Å². The van der Waals surface area contributed by atoms with Crippen LogP contribution in [-0.4, -0.2) is 23.1 Å². The molecule has 6 heteroatoms. The van der Waals surface area contributed by atoms with Crippen molar-refractivity contribution in [3.05, 3.63) is 59.7 Å². The molecule has 23 heavy (non-hydrogen) atoms. The smallest absolute Gasteiger partial charge is 0.339 e. The van der Waals surface area contributed by atoms with Gasteiger partial charge in [-0.05, 0) is 37.3 Å². The summed E-state index contributed by atoms with van der Waals surface area (Å²) in [6.07, 6.45) is -1.06. The topological polar surface area (TPSA) is 99.4 Å². The maximum Gasteiger partial charge on any atom is 0.339 e. The number of hydrogen-bond acceptors (Lipinski definition) is 5. The van der Waals surface area contributed by atoms with Crippen LogP contribution in [0.1, 0.15) is 22.8 Å². The molecule has 6 nitrogen and oxygen atoms in total. The van der Waals surface area contributed by atoms with E-state index in [-0.39, 0.29) is 11.3 Å². The first-order valence-electron chi connectivity index (χ1n) is 6.81. The number of nitrogens with zero attached hydrogens (tertiary/aromatic N) is 1. The van der Waals surface area contributed by atoms with Crippen LogP contribution in [0.5, 0.6) is 5.75 Å². The molecule has 1 amide bonds. The SMILES string of the molecule is CC(OC(=O)c1cccc(O)c1)C(=O)Nc1ccccc1C#N. The van der Waals surface area contributed by atoms with E-state index in [4.69, 9.17) is 10.00 Å². The van der Waals surface area contributed by atoms with Crippen molar-refractivity contribution in [3.63, 3.8) is 0 Å². The van der Waals surface area contributed by atoms with Crippen LogP contribution in [0.2, 0.25) is 0 Å². The number of nitriles is 1. The van der Waals surface area contributed by atoms with Gasteiger partial charge in [0.2, 0.25) is 0 Å². The zero-order valence-corrected chi connectivity index (χ0v) is 12.3. The third-order valence-corrected chi connectivity index (χ3v) is 3.04. The Labute approximate surface area is 132 Å². The van der Waals surface area contributed by atoms with Gasteiger partial charge in [0.1, 0.15) is 11.8 Å². The van der Waals surface area contributed by atoms with Gasteiger partial charge in [-0.25, -0.2) is 4.79 Å². The molecule has 1 unspecified atom stereocenters. The van der Waals surface area contributed by atoms with Crippen LogP contribution in [0.25, 0.3) is 0 Å². The number of benzene rings is 2. The van der Waals surface area contributed by atoms with Crippen LogP contribution >= 0.6 is 0 Å². The van der Waals surface area contributed by atoms with Gasteiger partial charge in [-0.1, -0.05) is 18.2 Å². The highest BCUT2D eigenvalue weighted by atomic mass is 16.5. The number of ether oxygens (including phenoxy) is 1. The van der Waals surface area contributed by atoms with Gasteiger partial charge < -0.3 is 15.2 Å². The van der Waals surface area contributed by atoms with Gasteiger partial charge in [0, 0.05) is 0 Å². The molecule has 0 aromatic heterocycles. The van der Waals surface area contributed by atoms with Gasteiger partial charge >= 0.3 is 5.97 Å². The Hall–Kier alpha value is -3.33. The number of carbonyl (C=O) groups is 2. The number of rotatable bonds is 4. The zero-order valence-electron chi connectivity index (χ0n) is 12.3. The average molecular weight is 310 g/mol. The second-order valence-electron chi connectivity index (χ2n) is 4.74. The van der Waals surface area contributed by atoms with Crippen molar-refractivity contribution in [1.29, 1.82) is 5.26 Å². The number of phenolic OH excluding ortho intramolecular Hbond substituents is 1. The Kier molecular flexibility index (Phi) is 4.95. The molecule has 0 bridgehead atoms. The lowest BCUT2D eigenvalue weighted by Gasteiger charge is -2.14. The largest absolute Gasteiger partial charge is 0.508 e. The molecule has 0 aliphatic carbocycles. The summed E-state index contributed by atoms with van der Waals surface area (Å²) in [5.74, 6) is -1.35. The van der Waals surface area contributed by atoms with Crippen molar-refractivity contribution in [3.8, 4) is 11.8 Å². The summed E-state index contributed by atoms with van der Waals surface area (Å²) in [6.45, 7) is 1.42. The number of carbonyl (C=O) groups excluding carboxylic acids is 2. The molecule has 0 spiro atoms. The highest BCUT2D eigenvalue weighted by molar-refractivity contribution is 5.98. The summed E-state index contributed by atoms with van der Waals surface area (Å²) >= 11 is 0. The van der Waals surface area contributed by atoms with Crippen LogP contribution in [0.3, 0.4) is 0 Å². The maximum atomic E-state index is 12.1. The van der Waals surface area contributed by atoms with Crippen LogP contribution in [0.4, 0.5) is 5.69 Å². The minimum atomic E-state index is -1.06. The normalized spacial score (nSPS) is 11.1. The van der Waals surface area contributed by atoms with Crippen LogP contribution in [0, 0.1) is 11.3 Å². The number of para-hydroxylation sites is 1. The van der Waals surface area contributed by atoms with E-state index in [0.29, 0.717) is 11.3 Å². The molecule has 0 radical (unpaired) electrons. The van der Waals surface area contributed by atoms with Gasteiger partial charge in [-0.15, -0.1) is 0 Å². The van der Waals surface area contributed by atoms with Crippen molar-refractivity contribution < 1.29 is 19.4 Å². The van der Waals surface area contributed by atoms with Crippen molar-refractivity contribution in [2.45, 2.75) is 13.0 Å². The number of aromatic hydroxyl groups is 1. The molecule has 116 valence electrons. The first-order chi connectivity index (χ1) is 11.0. The molecule has 0 aliphatic rings. The number of nitrogens with one attached hydrogen (secondary N) is 1. The van der Waals surface area contributed by atoms with E-state index in [9.17, 15) is 14.7 Å². The first kappa shape index (κ1) is 16.0. The number of phenols is 1. The van der Waals surface area contributed by atoms with Crippen molar-refractivity contribution >= 4 is 17.6 Å². The van der Waals surface area contributed by atoms with Crippen molar-refractivity contribution in [1.82, 2.24) is 0 Å². The Morgan fingerprint density at radius 1 is 1.22 bits per heavy atom. The van der Waals surface area contributed by atoms with Crippen LogP contribution < -0.4 is 5.32 Å². The number of anilines is 1. The fraction of sp³-hybridized carbons (Fsp3) is 0.118. The molecule has 0 saturated heterocycles. The Morgan fingerprint density at radius 3 is 2.65 bits per heavy atom. The fourth-order valence-electron chi connectivity index (χ4n) is 1.84. The Bertz CT molecular complexity index is 780. The first-order valence-corrected chi connectivity index (χ1v) is 6.81. The van der Waals surface area contributed by atoms with Gasteiger partial charge in [0.15, 0.2) is 6.10 Å². The number of amides is 1. The standard InChI is InChI=1S/C17H14N2O4/c1-11(23-17(22)12-6-4-7-14(20)9-12)16(21)19-15-8-3-2-5-13(15)10-18/h2-9,11,20H,1H3,(H,19,21). The third kappa shape index (κ3) is 4.08. The van der Waals surface area contributed by atoms with E-state index in [0.717, 1.165) is 0 Å². The summed E-state index contributed by atoms with van der Waals surface area (Å²) in [5, 5.41) is 20.9. The van der Waals surface area contributed by atoms with E-state index in [1.807, 2.05) is 6.07 Å². The Morgan fingerprint density at radius 2 is 1.96 bits per heavy atom. The molecule has 2 aromatic carbocycles. The molecule has 2 aromatic rings. The lowest BCUT2D eigenvalue weighted by Crippen LogP contribution is -2.30. The number of esters is 1. The predicted molar refractivity (Wildman–Crippen MR) is 82.8 cm³/mol. The molecule has 0 saturated carbocycles. The summed E-state index contributed by atoms with van der Waals surface area (Å²) in [5.41, 5.74) is 0.801. The van der Waals surface area contributed by atoms with E-state index >= 15 is 0 Å². The van der Waals surface area contributed by atoms with Crippen LogP contribution in [-0.2, 0) is 9.53 Å². The number of hydrogen-bond donors (Lipinski definition) is 2. The lowest BCUT2D eigenvalue weighted by atomic mass is 10.2. The average Bonchev–Trinajstić information content (AvgIpc) is 2.55. The Balaban J connectivity index is 2.03. The van der Waals surface area contributed by atoms with Crippen LogP contribution in [0.15, 0.2) is 48.5 Å². The summed E-state index contributed by atoms with van der Waals surface area (Å²) < 4.78 is 5.05. The molecule has 2 N–H and O–H groups in total. The minimum absolute atomic E-state index is 0.0699. The molecular formula is C17H14N2O4. The zero-order chi connectivity index (χ0) is 16.8. The lowest BCUT2D eigenvalue weighted by molar-refractivity contribution is -0.123. The second-order valence-corrected chi connectivity index (χ2v) is 4.74. The highest BCUT2D eigenvalue weighted by Crippen LogP contribution is 2.15. The van der Waals surface area contributed by atoms with E-state index < -0.39 is 18.0 Å². The third-order valence-electron chi connectivity index (χ3n) is 3.04. The molecule has 2 rings (SSSR count). The van der Waals surface area contributed by atoms with Crippen molar-refractivity contribution in [2.75, 3.05) is 5.32 Å². The summed E-state index contributed by atoms with van der Waals surface area (Å²) in [4.78, 5) is 24.0. The second kappa shape index (κ2) is 7.09. The minimum Gasteiger partial charge on any atom is -0.508 e. The van der Waals surface area contributed by atoms with Gasteiger partial charge in [-0.2, -0.15) is 5.26 Å². The molecule has 1 atom stereocenters. The molecule has 0 fully saturated rings. The quantitative estimate of drug-likeness (QED) is 0.845. The van der Waals surface area contributed by atoms with E-state index in [2.05, 4.69) is 5.32 Å². The summed E-state index contributed by atoms with van der Waals surface area (Å²) in [6, 6.07) is 14.1. The molecule has 0 aliphatic heterocycles. The highest BCUT2D eigenvalue weighted by Gasteiger charge is 2.20. The predicted octanol–water partition coefficient (Wildman–Crippen LogP) is 2.45. The summed E-state index contributed by atoms with van der Waals surface area (Å²) in [7, 11) is 0. The van der Waals surface area contributed by atoms with Gasteiger partial charge in [-0.3, -0.25) is 4.79 Å². The van der Waals surface area contributed by atoms with E-state index in [1.54, 1.807) is 24.3 Å². The monoisotopic (exact) mass is 310 g/mol. The maximum absolute atomic E-state index is 12.1. The van der Waals surface area contributed by atoms with Crippen molar-refractivity contribution in [2.24, 2.45) is 0 Å². The van der Waals surface area contributed by atoms with Gasteiger partial charge in [0.05, 0.1) is 16.8 Å². The van der Waals surface area contributed by atoms with E-state index in [1.165, 1.54) is 31.2 Å². The molecular weight excluding hydrogens is 296 g/mol. The molecule has 0 heterocycles. The fourth-order valence-corrected chi connectivity index (χ4v) is 1.84.